The quantitative estimate of drug-likeness (QED) is 0.394. The fourth-order valence-electron chi connectivity index (χ4n) is 2.95. The first-order valence-corrected chi connectivity index (χ1v) is 10.3. The molecule has 3 N–H and O–H groups in total. The van der Waals surface area contributed by atoms with Gasteiger partial charge in [0.2, 0.25) is 0 Å². The highest BCUT2D eigenvalue weighted by Gasteiger charge is 2.06. The van der Waals surface area contributed by atoms with Gasteiger partial charge in [0.05, 0.1) is 23.0 Å². The van der Waals surface area contributed by atoms with Crippen LogP contribution >= 0.6 is 11.3 Å². The predicted octanol–water partition coefficient (Wildman–Crippen LogP) is 4.55. The van der Waals surface area contributed by atoms with Gasteiger partial charge in [0.15, 0.2) is 11.4 Å². The van der Waals surface area contributed by atoms with Crippen molar-refractivity contribution in [3.05, 3.63) is 64.9 Å². The van der Waals surface area contributed by atoms with Crippen LogP contribution < -0.4 is 10.6 Å². The van der Waals surface area contributed by atoms with Crippen molar-refractivity contribution in [2.75, 3.05) is 17.7 Å². The second kappa shape index (κ2) is 9.86. The molecule has 0 radical (unpaired) electrons. The van der Waals surface area contributed by atoms with Crippen molar-refractivity contribution >= 4 is 34.3 Å². The molecule has 0 atom stereocenters. The van der Waals surface area contributed by atoms with Gasteiger partial charge in [-0.25, -0.2) is 9.97 Å². The zero-order chi connectivity index (χ0) is 22.4. The maximum absolute atomic E-state index is 10.6. The maximum Gasteiger partial charge on any atom is 0.188 e. The van der Waals surface area contributed by atoms with E-state index in [0.717, 1.165) is 34.4 Å². The number of aryl methyl sites for hydroxylation is 2. The summed E-state index contributed by atoms with van der Waals surface area (Å²) in [6.07, 6.45) is 5.98. The van der Waals surface area contributed by atoms with Crippen molar-refractivity contribution in [2.24, 2.45) is 7.05 Å². The van der Waals surface area contributed by atoms with E-state index in [2.05, 4.69) is 25.7 Å². The summed E-state index contributed by atoms with van der Waals surface area (Å²) in [4.78, 5) is 19.8. The molecule has 0 spiro atoms. The van der Waals surface area contributed by atoms with Crippen LogP contribution in [-0.4, -0.2) is 38.2 Å². The van der Waals surface area contributed by atoms with E-state index in [1.165, 1.54) is 17.5 Å². The van der Waals surface area contributed by atoms with Gasteiger partial charge in [0.1, 0.15) is 11.6 Å². The van der Waals surface area contributed by atoms with Crippen LogP contribution in [0.25, 0.3) is 11.3 Å². The summed E-state index contributed by atoms with van der Waals surface area (Å²) in [5, 5.41) is 20.2. The van der Waals surface area contributed by atoms with Gasteiger partial charge >= 0.3 is 0 Å². The Morgan fingerprint density at radius 3 is 2.58 bits per heavy atom. The standard InChI is InChI=1S/C13H11N5OS.C9H13NO/c1-18-7-9(5-15-18)11-3-2-4-12(16-11)17-13-14-6-10(8-19)20-13;1-6-4-5-8(11)7(2)9(6)10-3/h2-8H,1H3,(H,14,16,17);4-5,10-11H,1-3H3. The number of hydrogen-bond donors (Lipinski definition) is 3. The van der Waals surface area contributed by atoms with Crippen LogP contribution in [0, 0.1) is 13.8 Å². The first-order valence-electron chi connectivity index (χ1n) is 9.52. The first kappa shape index (κ1) is 22.0. The molecule has 0 saturated heterocycles. The summed E-state index contributed by atoms with van der Waals surface area (Å²) in [5.74, 6) is 1.03. The first-order chi connectivity index (χ1) is 14.9. The fraction of sp³-hybridized carbons (Fsp3) is 0.182. The Kier molecular flexibility index (Phi) is 6.99. The Labute approximate surface area is 184 Å². The SMILES string of the molecule is CNc1c(C)ccc(O)c1C.Cn1cc(-c2cccc(Nc3ncc(C=O)s3)n2)cn1. The Morgan fingerprint density at radius 2 is 1.97 bits per heavy atom. The minimum atomic E-state index is 0.347. The second-order valence-corrected chi connectivity index (χ2v) is 7.84. The number of carbonyl (C=O) groups excluding carboxylic acids is 1. The number of rotatable bonds is 5. The molecular formula is C22H24N6O2S. The van der Waals surface area contributed by atoms with Crippen molar-refractivity contribution < 1.29 is 9.90 Å². The lowest BCUT2D eigenvalue weighted by Crippen LogP contribution is -1.94. The highest BCUT2D eigenvalue weighted by Crippen LogP contribution is 2.27. The van der Waals surface area contributed by atoms with E-state index < -0.39 is 0 Å². The summed E-state index contributed by atoms with van der Waals surface area (Å²) >= 11 is 1.29. The normalized spacial score (nSPS) is 10.2. The Balaban J connectivity index is 0.000000210. The lowest BCUT2D eigenvalue weighted by molar-refractivity contribution is 0.112. The third-order valence-corrected chi connectivity index (χ3v) is 5.36. The van der Waals surface area contributed by atoms with E-state index in [-0.39, 0.29) is 0 Å². The minimum absolute atomic E-state index is 0.347. The Bertz CT molecular complexity index is 1180. The third-order valence-electron chi connectivity index (χ3n) is 4.52. The molecular weight excluding hydrogens is 412 g/mol. The van der Waals surface area contributed by atoms with Crippen LogP contribution in [0.2, 0.25) is 0 Å². The van der Waals surface area contributed by atoms with Gasteiger partial charge in [-0.05, 0) is 37.6 Å². The van der Waals surface area contributed by atoms with Crippen LogP contribution in [0.1, 0.15) is 20.8 Å². The third kappa shape index (κ3) is 5.46. The zero-order valence-electron chi connectivity index (χ0n) is 17.7. The van der Waals surface area contributed by atoms with Crippen molar-refractivity contribution in [1.29, 1.82) is 0 Å². The molecule has 0 aliphatic rings. The average molecular weight is 437 g/mol. The lowest BCUT2D eigenvalue weighted by atomic mass is 10.1. The monoisotopic (exact) mass is 436 g/mol. The molecule has 160 valence electrons. The number of nitrogens with zero attached hydrogens (tertiary/aromatic N) is 4. The number of anilines is 3. The average Bonchev–Trinajstić information content (AvgIpc) is 3.41. The van der Waals surface area contributed by atoms with Crippen molar-refractivity contribution in [3.8, 4) is 17.0 Å². The number of thiazole rings is 1. The van der Waals surface area contributed by atoms with Crippen molar-refractivity contribution in [1.82, 2.24) is 19.7 Å². The zero-order valence-corrected chi connectivity index (χ0v) is 18.6. The van der Waals surface area contributed by atoms with Gasteiger partial charge in [-0.15, -0.1) is 0 Å². The van der Waals surface area contributed by atoms with Gasteiger partial charge in [-0.2, -0.15) is 5.10 Å². The van der Waals surface area contributed by atoms with Crippen LogP contribution in [0.5, 0.6) is 5.75 Å². The molecule has 0 aliphatic heterocycles. The Hall–Kier alpha value is -3.72. The fourth-order valence-corrected chi connectivity index (χ4v) is 3.59. The van der Waals surface area contributed by atoms with E-state index in [0.29, 0.717) is 21.6 Å². The van der Waals surface area contributed by atoms with E-state index in [4.69, 9.17) is 0 Å². The van der Waals surface area contributed by atoms with Gasteiger partial charge < -0.3 is 15.7 Å². The Morgan fingerprint density at radius 1 is 1.16 bits per heavy atom. The maximum atomic E-state index is 10.6. The smallest absolute Gasteiger partial charge is 0.188 e. The number of pyridine rings is 1. The summed E-state index contributed by atoms with van der Waals surface area (Å²) in [7, 11) is 3.72. The molecule has 8 nitrogen and oxygen atoms in total. The number of nitrogens with one attached hydrogen (secondary N) is 2. The summed E-state index contributed by atoms with van der Waals surface area (Å²) in [5.41, 5.74) is 4.86. The molecule has 0 bridgehead atoms. The molecule has 3 heterocycles. The van der Waals surface area contributed by atoms with Crippen LogP contribution in [0.3, 0.4) is 0 Å². The molecule has 1 aromatic carbocycles. The van der Waals surface area contributed by atoms with Crippen LogP contribution in [0.15, 0.2) is 48.9 Å². The molecule has 0 fully saturated rings. The molecule has 4 rings (SSSR count). The van der Waals surface area contributed by atoms with Crippen molar-refractivity contribution in [3.63, 3.8) is 0 Å². The minimum Gasteiger partial charge on any atom is -0.508 e. The second-order valence-electron chi connectivity index (χ2n) is 6.77. The van der Waals surface area contributed by atoms with Gasteiger partial charge in [-0.1, -0.05) is 23.5 Å². The molecule has 31 heavy (non-hydrogen) atoms. The molecule has 0 unspecified atom stereocenters. The molecule has 0 aliphatic carbocycles. The molecule has 4 aromatic rings. The molecule has 0 amide bonds. The number of phenolic OH excluding ortho intramolecular Hbond substituents is 1. The predicted molar refractivity (Wildman–Crippen MR) is 124 cm³/mol. The lowest BCUT2D eigenvalue weighted by Gasteiger charge is -2.09. The van der Waals surface area contributed by atoms with Gasteiger partial charge in [0.25, 0.3) is 0 Å². The van der Waals surface area contributed by atoms with E-state index in [9.17, 15) is 9.90 Å². The highest BCUT2D eigenvalue weighted by molar-refractivity contribution is 7.17. The number of benzene rings is 1. The highest BCUT2D eigenvalue weighted by atomic mass is 32.1. The summed E-state index contributed by atoms with van der Waals surface area (Å²) in [6, 6.07) is 9.29. The van der Waals surface area contributed by atoms with E-state index in [1.807, 2.05) is 58.4 Å². The number of carbonyl (C=O) groups is 1. The molecule has 9 heteroatoms. The number of aldehydes is 1. The topological polar surface area (TPSA) is 105 Å². The number of aromatic nitrogens is 4. The molecule has 3 aromatic heterocycles. The van der Waals surface area contributed by atoms with Gasteiger partial charge in [-0.3, -0.25) is 9.48 Å². The van der Waals surface area contributed by atoms with Crippen molar-refractivity contribution in [2.45, 2.75) is 13.8 Å². The summed E-state index contributed by atoms with van der Waals surface area (Å²) < 4.78 is 1.73. The summed E-state index contributed by atoms with van der Waals surface area (Å²) in [6.45, 7) is 3.91. The van der Waals surface area contributed by atoms with E-state index >= 15 is 0 Å². The number of aromatic hydroxyl groups is 1. The van der Waals surface area contributed by atoms with Crippen LogP contribution in [-0.2, 0) is 7.05 Å². The van der Waals surface area contributed by atoms with Gasteiger partial charge in [0, 0.05) is 37.1 Å². The molecule has 0 saturated carbocycles. The number of phenols is 1. The van der Waals surface area contributed by atoms with Crippen LogP contribution in [0.4, 0.5) is 16.6 Å². The largest absolute Gasteiger partial charge is 0.508 e. The number of hydrogen-bond acceptors (Lipinski definition) is 8. The van der Waals surface area contributed by atoms with E-state index in [1.54, 1.807) is 16.9 Å².